The van der Waals surface area contributed by atoms with Crippen LogP contribution < -0.4 is 10.1 Å². The standard InChI is InChI=1S/C19H18BrNO3/c20-16-3-1-4-17(12-16)23-9-2-5-19(22)21-13-14-6-7-15-8-10-24-18(15)11-14/h1,3-4,6-8,10-12H,2,5,9,13H2,(H,21,22). The van der Waals surface area contributed by atoms with Crippen LogP contribution >= 0.6 is 15.9 Å². The average molecular weight is 388 g/mol. The molecule has 2 aromatic carbocycles. The Bertz CT molecular complexity index is 828. The molecule has 124 valence electrons. The van der Waals surface area contributed by atoms with Crippen molar-refractivity contribution < 1.29 is 13.9 Å². The van der Waals surface area contributed by atoms with Gasteiger partial charge in [0.25, 0.3) is 0 Å². The third-order valence-corrected chi connectivity index (χ3v) is 4.12. The Kier molecular flexibility index (Phi) is 5.54. The first kappa shape index (κ1) is 16.6. The van der Waals surface area contributed by atoms with E-state index in [1.165, 1.54) is 0 Å². The van der Waals surface area contributed by atoms with E-state index in [0.717, 1.165) is 26.8 Å². The lowest BCUT2D eigenvalue weighted by molar-refractivity contribution is -0.121. The number of hydrogen-bond donors (Lipinski definition) is 1. The molecule has 0 bridgehead atoms. The van der Waals surface area contributed by atoms with Gasteiger partial charge in [-0.25, -0.2) is 0 Å². The Morgan fingerprint density at radius 3 is 2.96 bits per heavy atom. The zero-order valence-electron chi connectivity index (χ0n) is 13.1. The molecule has 0 unspecified atom stereocenters. The van der Waals surface area contributed by atoms with Crippen molar-refractivity contribution in [3.63, 3.8) is 0 Å². The molecule has 0 saturated heterocycles. The molecule has 0 radical (unpaired) electrons. The van der Waals surface area contributed by atoms with Crippen molar-refractivity contribution in [2.75, 3.05) is 6.61 Å². The van der Waals surface area contributed by atoms with Crippen molar-refractivity contribution in [2.45, 2.75) is 19.4 Å². The number of hydrogen-bond acceptors (Lipinski definition) is 3. The summed E-state index contributed by atoms with van der Waals surface area (Å²) in [4.78, 5) is 11.9. The number of fused-ring (bicyclic) bond motifs is 1. The predicted molar refractivity (Wildman–Crippen MR) is 96.9 cm³/mol. The van der Waals surface area contributed by atoms with E-state index < -0.39 is 0 Å². The van der Waals surface area contributed by atoms with Crippen LogP contribution in [0, 0.1) is 0 Å². The quantitative estimate of drug-likeness (QED) is 0.599. The fourth-order valence-corrected chi connectivity index (χ4v) is 2.76. The van der Waals surface area contributed by atoms with Gasteiger partial charge in [0.2, 0.25) is 5.91 Å². The third-order valence-electron chi connectivity index (χ3n) is 3.62. The van der Waals surface area contributed by atoms with Gasteiger partial charge in [-0.15, -0.1) is 0 Å². The van der Waals surface area contributed by atoms with E-state index in [2.05, 4.69) is 21.2 Å². The molecule has 0 fully saturated rings. The molecule has 1 N–H and O–H groups in total. The number of nitrogens with one attached hydrogen (secondary N) is 1. The van der Waals surface area contributed by atoms with Crippen LogP contribution in [0.4, 0.5) is 0 Å². The Hall–Kier alpha value is -2.27. The van der Waals surface area contributed by atoms with E-state index >= 15 is 0 Å². The average Bonchev–Trinajstić information content (AvgIpc) is 3.05. The van der Waals surface area contributed by atoms with Crippen LogP contribution in [0.3, 0.4) is 0 Å². The maximum atomic E-state index is 11.9. The molecular formula is C19H18BrNO3. The monoisotopic (exact) mass is 387 g/mol. The molecule has 1 aromatic heterocycles. The molecule has 0 aliphatic rings. The zero-order valence-corrected chi connectivity index (χ0v) is 14.7. The second-order valence-electron chi connectivity index (χ2n) is 5.48. The molecule has 0 aliphatic heterocycles. The normalized spacial score (nSPS) is 10.7. The summed E-state index contributed by atoms with van der Waals surface area (Å²) in [6.07, 6.45) is 2.78. The lowest BCUT2D eigenvalue weighted by atomic mass is 10.1. The Balaban J connectivity index is 1.38. The second kappa shape index (κ2) is 8.02. The highest BCUT2D eigenvalue weighted by molar-refractivity contribution is 9.10. The second-order valence-corrected chi connectivity index (χ2v) is 6.39. The van der Waals surface area contributed by atoms with Gasteiger partial charge in [0.05, 0.1) is 12.9 Å². The number of ether oxygens (including phenoxy) is 1. The molecule has 24 heavy (non-hydrogen) atoms. The largest absolute Gasteiger partial charge is 0.494 e. The predicted octanol–water partition coefficient (Wildman–Crippen LogP) is 4.67. The molecule has 0 atom stereocenters. The van der Waals surface area contributed by atoms with Gasteiger partial charge in [-0.1, -0.05) is 34.1 Å². The van der Waals surface area contributed by atoms with Crippen LogP contribution in [-0.2, 0) is 11.3 Å². The van der Waals surface area contributed by atoms with E-state index in [9.17, 15) is 4.79 Å². The number of carbonyl (C=O) groups excluding carboxylic acids is 1. The van der Waals surface area contributed by atoms with Crippen LogP contribution in [0.15, 0.2) is 63.7 Å². The van der Waals surface area contributed by atoms with Crippen LogP contribution in [0.5, 0.6) is 5.75 Å². The topological polar surface area (TPSA) is 51.5 Å². The maximum absolute atomic E-state index is 11.9. The highest BCUT2D eigenvalue weighted by Gasteiger charge is 2.04. The minimum atomic E-state index is 0.0207. The molecule has 1 amide bonds. The summed E-state index contributed by atoms with van der Waals surface area (Å²) in [5.41, 5.74) is 1.86. The minimum absolute atomic E-state index is 0.0207. The highest BCUT2D eigenvalue weighted by Crippen LogP contribution is 2.18. The van der Waals surface area contributed by atoms with Crippen molar-refractivity contribution in [3.05, 3.63) is 64.8 Å². The first-order valence-electron chi connectivity index (χ1n) is 7.82. The molecule has 5 heteroatoms. The maximum Gasteiger partial charge on any atom is 0.220 e. The van der Waals surface area contributed by atoms with Crippen LogP contribution in [0.2, 0.25) is 0 Å². The molecule has 0 spiro atoms. The van der Waals surface area contributed by atoms with Crippen molar-refractivity contribution in [1.82, 2.24) is 5.32 Å². The van der Waals surface area contributed by atoms with Gasteiger partial charge in [-0.2, -0.15) is 0 Å². The zero-order chi connectivity index (χ0) is 16.8. The first-order valence-corrected chi connectivity index (χ1v) is 8.61. The van der Waals surface area contributed by atoms with Gasteiger partial charge in [0.1, 0.15) is 11.3 Å². The Morgan fingerprint density at radius 2 is 2.08 bits per heavy atom. The number of furan rings is 1. The van der Waals surface area contributed by atoms with Gasteiger partial charge >= 0.3 is 0 Å². The van der Waals surface area contributed by atoms with Gasteiger partial charge in [-0.05, 0) is 42.3 Å². The minimum Gasteiger partial charge on any atom is -0.494 e. The van der Waals surface area contributed by atoms with Crippen molar-refractivity contribution in [2.24, 2.45) is 0 Å². The number of rotatable bonds is 7. The van der Waals surface area contributed by atoms with Crippen molar-refractivity contribution in [1.29, 1.82) is 0 Å². The van der Waals surface area contributed by atoms with E-state index in [1.54, 1.807) is 6.26 Å². The SMILES string of the molecule is O=C(CCCOc1cccc(Br)c1)NCc1ccc2ccoc2c1. The van der Waals surface area contributed by atoms with Crippen LogP contribution in [-0.4, -0.2) is 12.5 Å². The molecule has 3 rings (SSSR count). The first-order chi connectivity index (χ1) is 11.7. The summed E-state index contributed by atoms with van der Waals surface area (Å²) in [5.74, 6) is 0.823. The highest BCUT2D eigenvalue weighted by atomic mass is 79.9. The summed E-state index contributed by atoms with van der Waals surface area (Å²) < 4.78 is 12.0. The number of halogens is 1. The number of carbonyl (C=O) groups is 1. The summed E-state index contributed by atoms with van der Waals surface area (Å²) in [6.45, 7) is 1.02. The molecule has 0 saturated carbocycles. The molecule has 0 aliphatic carbocycles. The van der Waals surface area contributed by atoms with Crippen LogP contribution in [0.1, 0.15) is 18.4 Å². The Labute approximate surface area is 148 Å². The third kappa shape index (κ3) is 4.61. The van der Waals surface area contributed by atoms with Gasteiger partial charge in [-0.3, -0.25) is 4.79 Å². The lowest BCUT2D eigenvalue weighted by Gasteiger charge is -2.07. The fraction of sp³-hybridized carbons (Fsp3) is 0.211. The summed E-state index contributed by atoms with van der Waals surface area (Å²) in [6, 6.07) is 15.5. The number of benzene rings is 2. The van der Waals surface area contributed by atoms with E-state index in [4.69, 9.17) is 9.15 Å². The smallest absolute Gasteiger partial charge is 0.220 e. The van der Waals surface area contributed by atoms with Gasteiger partial charge in [0.15, 0.2) is 0 Å². The molecule has 4 nitrogen and oxygen atoms in total. The lowest BCUT2D eigenvalue weighted by Crippen LogP contribution is -2.22. The molecular weight excluding hydrogens is 370 g/mol. The summed E-state index contributed by atoms with van der Waals surface area (Å²) in [5, 5.41) is 3.98. The van der Waals surface area contributed by atoms with Gasteiger partial charge < -0.3 is 14.5 Å². The molecule has 3 aromatic rings. The fourth-order valence-electron chi connectivity index (χ4n) is 2.38. The van der Waals surface area contributed by atoms with Crippen molar-refractivity contribution >= 4 is 32.8 Å². The number of amides is 1. The Morgan fingerprint density at radius 1 is 1.17 bits per heavy atom. The summed E-state index contributed by atoms with van der Waals surface area (Å²) >= 11 is 3.40. The molecule has 1 heterocycles. The summed E-state index contributed by atoms with van der Waals surface area (Å²) in [7, 11) is 0. The van der Waals surface area contributed by atoms with Crippen molar-refractivity contribution in [3.8, 4) is 5.75 Å². The van der Waals surface area contributed by atoms with E-state index in [-0.39, 0.29) is 5.91 Å². The van der Waals surface area contributed by atoms with E-state index in [1.807, 2.05) is 48.5 Å². The van der Waals surface area contributed by atoms with Crippen LogP contribution in [0.25, 0.3) is 11.0 Å². The van der Waals surface area contributed by atoms with Gasteiger partial charge in [0, 0.05) is 22.8 Å². The van der Waals surface area contributed by atoms with E-state index in [0.29, 0.717) is 26.0 Å².